The Labute approximate surface area is 84.5 Å². The minimum absolute atomic E-state index is 0.424. The molecule has 1 aliphatic carbocycles. The van der Waals surface area contributed by atoms with Gasteiger partial charge in [-0.25, -0.2) is 4.68 Å². The first-order valence-electron chi connectivity index (χ1n) is 5.43. The summed E-state index contributed by atoms with van der Waals surface area (Å²) in [6.07, 6.45) is 4.61. The molecule has 0 bridgehead atoms. The Morgan fingerprint density at radius 3 is 2.86 bits per heavy atom. The predicted molar refractivity (Wildman–Crippen MR) is 55.9 cm³/mol. The Bertz CT molecular complexity index is 314. The minimum atomic E-state index is 0.424. The maximum Gasteiger partial charge on any atom is 0.218 e. The lowest BCUT2D eigenvalue weighted by molar-refractivity contribution is 0.442. The molecule has 1 unspecified atom stereocenters. The summed E-state index contributed by atoms with van der Waals surface area (Å²) in [6, 6.07) is 0.424. The molecule has 0 spiro atoms. The van der Waals surface area contributed by atoms with Gasteiger partial charge in [0.25, 0.3) is 0 Å². The Balaban J connectivity index is 2.15. The van der Waals surface area contributed by atoms with Crippen molar-refractivity contribution in [2.45, 2.75) is 45.6 Å². The van der Waals surface area contributed by atoms with Gasteiger partial charge in [-0.1, -0.05) is 6.92 Å². The van der Waals surface area contributed by atoms with E-state index in [-0.39, 0.29) is 0 Å². The summed E-state index contributed by atoms with van der Waals surface area (Å²) in [6.45, 7) is 4.31. The third-order valence-electron chi connectivity index (χ3n) is 2.87. The summed E-state index contributed by atoms with van der Waals surface area (Å²) in [5.41, 5.74) is 5.83. The first-order valence-corrected chi connectivity index (χ1v) is 5.43. The van der Waals surface area contributed by atoms with Crippen LogP contribution >= 0.6 is 0 Å². The highest BCUT2D eigenvalue weighted by molar-refractivity contribution is 5.17. The molecule has 14 heavy (non-hydrogen) atoms. The van der Waals surface area contributed by atoms with Crippen molar-refractivity contribution < 1.29 is 0 Å². The molecule has 4 heteroatoms. The van der Waals surface area contributed by atoms with Crippen molar-refractivity contribution in [2.24, 2.45) is 5.92 Å². The van der Waals surface area contributed by atoms with Crippen molar-refractivity contribution in [3.05, 3.63) is 5.82 Å². The van der Waals surface area contributed by atoms with Crippen molar-refractivity contribution in [1.82, 2.24) is 14.8 Å². The molecule has 1 atom stereocenters. The Morgan fingerprint density at radius 2 is 2.29 bits per heavy atom. The lowest BCUT2D eigenvalue weighted by Gasteiger charge is -2.10. The molecule has 1 heterocycles. The van der Waals surface area contributed by atoms with E-state index in [0.29, 0.717) is 12.0 Å². The van der Waals surface area contributed by atoms with Crippen molar-refractivity contribution in [3.63, 3.8) is 0 Å². The fraction of sp³-hybridized carbons (Fsp3) is 0.800. The molecular formula is C10H18N4. The molecule has 2 rings (SSSR count). The highest BCUT2D eigenvalue weighted by Gasteiger charge is 2.31. The first kappa shape index (κ1) is 9.49. The van der Waals surface area contributed by atoms with Crippen LogP contribution in [-0.2, 0) is 6.42 Å². The third-order valence-corrected chi connectivity index (χ3v) is 2.87. The van der Waals surface area contributed by atoms with E-state index >= 15 is 0 Å². The second-order valence-corrected chi connectivity index (χ2v) is 4.16. The van der Waals surface area contributed by atoms with Crippen LogP contribution in [0.25, 0.3) is 0 Å². The first-order chi connectivity index (χ1) is 6.72. The Hall–Kier alpha value is -1.06. The van der Waals surface area contributed by atoms with E-state index in [1.807, 2.05) is 4.68 Å². The lowest BCUT2D eigenvalue weighted by atomic mass is 10.2. The van der Waals surface area contributed by atoms with Gasteiger partial charge in [-0.3, -0.25) is 0 Å². The second kappa shape index (κ2) is 3.59. The van der Waals surface area contributed by atoms with E-state index in [4.69, 9.17) is 5.73 Å². The number of nitrogens with zero attached hydrogens (tertiary/aromatic N) is 3. The molecule has 4 nitrogen and oxygen atoms in total. The summed E-state index contributed by atoms with van der Waals surface area (Å²) in [4.78, 5) is 4.26. The van der Waals surface area contributed by atoms with E-state index in [9.17, 15) is 0 Å². The molecule has 0 radical (unpaired) electrons. The van der Waals surface area contributed by atoms with Crippen LogP contribution < -0.4 is 5.73 Å². The maximum absolute atomic E-state index is 5.83. The average molecular weight is 194 g/mol. The molecule has 2 N–H and O–H groups in total. The largest absolute Gasteiger partial charge is 0.368 e. The van der Waals surface area contributed by atoms with Gasteiger partial charge < -0.3 is 5.73 Å². The van der Waals surface area contributed by atoms with Crippen LogP contribution in [-0.4, -0.2) is 14.8 Å². The summed E-state index contributed by atoms with van der Waals surface area (Å²) in [5, 5.41) is 4.44. The van der Waals surface area contributed by atoms with Gasteiger partial charge in [0.05, 0.1) is 6.04 Å². The third kappa shape index (κ3) is 1.74. The van der Waals surface area contributed by atoms with Crippen LogP contribution in [0.4, 0.5) is 5.95 Å². The summed E-state index contributed by atoms with van der Waals surface area (Å²) < 4.78 is 1.89. The zero-order valence-electron chi connectivity index (χ0n) is 8.90. The SMILES string of the molecule is CCCc1nc(N)n(C(C)C2CC2)n1. The molecule has 0 aromatic carbocycles. The van der Waals surface area contributed by atoms with Crippen LogP contribution in [0.15, 0.2) is 0 Å². The molecule has 1 aliphatic rings. The van der Waals surface area contributed by atoms with Crippen LogP contribution in [0, 0.1) is 5.92 Å². The molecule has 0 saturated heterocycles. The van der Waals surface area contributed by atoms with Crippen molar-refractivity contribution in [3.8, 4) is 0 Å². The van der Waals surface area contributed by atoms with Crippen LogP contribution in [0.2, 0.25) is 0 Å². The number of aromatic nitrogens is 3. The highest BCUT2D eigenvalue weighted by atomic mass is 15.4. The second-order valence-electron chi connectivity index (χ2n) is 4.16. The van der Waals surface area contributed by atoms with Gasteiger partial charge in [-0.05, 0) is 32.1 Å². The fourth-order valence-corrected chi connectivity index (χ4v) is 1.79. The summed E-state index contributed by atoms with van der Waals surface area (Å²) in [5.74, 6) is 2.24. The van der Waals surface area contributed by atoms with Crippen molar-refractivity contribution in [1.29, 1.82) is 0 Å². The average Bonchev–Trinajstić information content (AvgIpc) is 2.91. The van der Waals surface area contributed by atoms with Crippen molar-refractivity contribution >= 4 is 5.95 Å². The van der Waals surface area contributed by atoms with E-state index in [1.54, 1.807) is 0 Å². The molecule has 1 saturated carbocycles. The predicted octanol–water partition coefficient (Wildman–Crippen LogP) is 1.78. The van der Waals surface area contributed by atoms with Crippen LogP contribution in [0.5, 0.6) is 0 Å². The van der Waals surface area contributed by atoms with Crippen molar-refractivity contribution in [2.75, 3.05) is 5.73 Å². The minimum Gasteiger partial charge on any atom is -0.368 e. The van der Waals surface area contributed by atoms with E-state index in [0.717, 1.165) is 24.6 Å². The molecular weight excluding hydrogens is 176 g/mol. The number of anilines is 1. The maximum atomic E-state index is 5.83. The number of hydrogen-bond donors (Lipinski definition) is 1. The van der Waals surface area contributed by atoms with Crippen LogP contribution in [0.3, 0.4) is 0 Å². The van der Waals surface area contributed by atoms with Gasteiger partial charge in [0.1, 0.15) is 0 Å². The molecule has 78 valence electrons. The standard InChI is InChI=1S/C10H18N4/c1-3-4-9-12-10(11)14(13-9)7(2)8-5-6-8/h7-8H,3-6H2,1-2H3,(H2,11,12,13). The smallest absolute Gasteiger partial charge is 0.218 e. The van der Waals surface area contributed by atoms with Gasteiger partial charge in [0.15, 0.2) is 5.82 Å². The van der Waals surface area contributed by atoms with E-state index in [2.05, 4.69) is 23.9 Å². The highest BCUT2D eigenvalue weighted by Crippen LogP contribution is 2.39. The van der Waals surface area contributed by atoms with Gasteiger partial charge in [-0.2, -0.15) is 10.1 Å². The van der Waals surface area contributed by atoms with Gasteiger partial charge in [-0.15, -0.1) is 0 Å². The zero-order valence-corrected chi connectivity index (χ0v) is 8.90. The number of rotatable bonds is 4. The number of hydrogen-bond acceptors (Lipinski definition) is 3. The number of aryl methyl sites for hydroxylation is 1. The normalized spacial score (nSPS) is 18.4. The monoisotopic (exact) mass is 194 g/mol. The number of nitrogens with two attached hydrogens (primary N) is 1. The summed E-state index contributed by atoms with van der Waals surface area (Å²) >= 11 is 0. The zero-order chi connectivity index (χ0) is 10.1. The Morgan fingerprint density at radius 1 is 1.57 bits per heavy atom. The van der Waals surface area contributed by atoms with E-state index < -0.39 is 0 Å². The topological polar surface area (TPSA) is 56.7 Å². The van der Waals surface area contributed by atoms with Gasteiger partial charge in [0, 0.05) is 6.42 Å². The Kier molecular flexibility index (Phi) is 2.44. The quantitative estimate of drug-likeness (QED) is 0.795. The van der Waals surface area contributed by atoms with Gasteiger partial charge in [0.2, 0.25) is 5.95 Å². The molecule has 1 fully saturated rings. The molecule has 1 aromatic heterocycles. The van der Waals surface area contributed by atoms with Crippen LogP contribution in [0.1, 0.15) is 45.0 Å². The fourth-order valence-electron chi connectivity index (χ4n) is 1.79. The molecule has 0 amide bonds. The molecule has 1 aromatic rings. The van der Waals surface area contributed by atoms with E-state index in [1.165, 1.54) is 12.8 Å². The summed E-state index contributed by atoms with van der Waals surface area (Å²) in [7, 11) is 0. The lowest BCUT2D eigenvalue weighted by Crippen LogP contribution is -2.12. The van der Waals surface area contributed by atoms with Gasteiger partial charge >= 0.3 is 0 Å². The molecule has 0 aliphatic heterocycles. The number of nitrogen functional groups attached to an aromatic ring is 1.